The van der Waals surface area contributed by atoms with E-state index >= 15 is 0 Å². The number of halogens is 1. The Morgan fingerprint density at radius 3 is 2.47 bits per heavy atom. The minimum atomic E-state index is -0.187. The molecule has 1 atom stereocenters. The van der Waals surface area contributed by atoms with Crippen LogP contribution in [0.5, 0.6) is 0 Å². The summed E-state index contributed by atoms with van der Waals surface area (Å²) in [6.07, 6.45) is 3.59. The van der Waals surface area contributed by atoms with Crippen molar-refractivity contribution in [3.63, 3.8) is 0 Å². The van der Waals surface area contributed by atoms with E-state index in [0.29, 0.717) is 5.92 Å². The Labute approximate surface area is 91.8 Å². The molecule has 1 rings (SSSR count). The molecule has 1 aromatic rings. The highest BCUT2D eigenvalue weighted by atomic mass is 19.1. The van der Waals surface area contributed by atoms with E-state index in [1.165, 1.54) is 25.0 Å². The normalized spacial score (nSPS) is 12.5. The van der Waals surface area contributed by atoms with Gasteiger partial charge in [0, 0.05) is 0 Å². The first-order chi connectivity index (χ1) is 7.15. The number of unbranched alkanes of at least 4 members (excludes halogenated alkanes) is 1. The molecule has 15 heavy (non-hydrogen) atoms. The fraction of sp³-hybridized carbons (Fsp3) is 0.429. The minimum Gasteiger partial charge on any atom is -0.207 e. The second-order valence-electron chi connectivity index (χ2n) is 4.08. The van der Waals surface area contributed by atoms with Gasteiger partial charge >= 0.3 is 0 Å². The lowest BCUT2D eigenvalue weighted by atomic mass is 9.91. The lowest BCUT2D eigenvalue weighted by Crippen LogP contribution is -1.97. The van der Waals surface area contributed by atoms with Crippen molar-refractivity contribution in [2.24, 2.45) is 5.92 Å². The van der Waals surface area contributed by atoms with Crippen LogP contribution in [0.2, 0.25) is 0 Å². The molecule has 0 aliphatic carbocycles. The Balaban J connectivity index is 2.63. The summed E-state index contributed by atoms with van der Waals surface area (Å²) >= 11 is 0. The number of rotatable bonds is 5. The van der Waals surface area contributed by atoms with Crippen LogP contribution in [-0.2, 0) is 0 Å². The second kappa shape index (κ2) is 5.69. The highest BCUT2D eigenvalue weighted by Crippen LogP contribution is 2.25. The monoisotopic (exact) mass is 206 g/mol. The SMILES string of the molecule is C=C(c1ccc(F)cc1)C(C)CCCC. The average Bonchev–Trinajstić information content (AvgIpc) is 2.26. The van der Waals surface area contributed by atoms with Crippen LogP contribution in [0.3, 0.4) is 0 Å². The lowest BCUT2D eigenvalue weighted by molar-refractivity contribution is 0.610. The number of hydrogen-bond acceptors (Lipinski definition) is 0. The van der Waals surface area contributed by atoms with Gasteiger partial charge in [-0.05, 0) is 35.6 Å². The van der Waals surface area contributed by atoms with Gasteiger partial charge in [0.05, 0.1) is 0 Å². The van der Waals surface area contributed by atoms with E-state index < -0.39 is 0 Å². The van der Waals surface area contributed by atoms with Crippen molar-refractivity contribution in [2.45, 2.75) is 33.1 Å². The molecule has 0 N–H and O–H groups in total. The molecule has 0 saturated carbocycles. The second-order valence-corrected chi connectivity index (χ2v) is 4.08. The molecular weight excluding hydrogens is 187 g/mol. The van der Waals surface area contributed by atoms with Crippen molar-refractivity contribution >= 4 is 5.57 Å². The largest absolute Gasteiger partial charge is 0.207 e. The van der Waals surface area contributed by atoms with E-state index in [1.54, 1.807) is 12.1 Å². The van der Waals surface area contributed by atoms with Crippen molar-refractivity contribution in [2.75, 3.05) is 0 Å². The minimum absolute atomic E-state index is 0.187. The Kier molecular flexibility index (Phi) is 4.54. The summed E-state index contributed by atoms with van der Waals surface area (Å²) in [6.45, 7) is 8.45. The van der Waals surface area contributed by atoms with Crippen LogP contribution in [0, 0.1) is 11.7 Å². The molecule has 0 aliphatic rings. The molecule has 1 aromatic carbocycles. The first-order valence-corrected chi connectivity index (χ1v) is 5.60. The van der Waals surface area contributed by atoms with Crippen molar-refractivity contribution < 1.29 is 4.39 Å². The van der Waals surface area contributed by atoms with E-state index in [1.807, 2.05) is 0 Å². The van der Waals surface area contributed by atoms with Gasteiger partial charge in [0.1, 0.15) is 5.82 Å². The molecule has 1 unspecified atom stereocenters. The molecule has 0 heterocycles. The molecule has 0 spiro atoms. The molecule has 0 radical (unpaired) electrons. The van der Waals surface area contributed by atoms with Gasteiger partial charge in [-0.2, -0.15) is 0 Å². The predicted molar refractivity (Wildman–Crippen MR) is 64.1 cm³/mol. The van der Waals surface area contributed by atoms with E-state index in [4.69, 9.17) is 0 Å². The molecule has 0 saturated heterocycles. The van der Waals surface area contributed by atoms with Gasteiger partial charge in [-0.3, -0.25) is 0 Å². The molecule has 0 bridgehead atoms. The third-order valence-electron chi connectivity index (χ3n) is 2.80. The maximum Gasteiger partial charge on any atom is 0.123 e. The van der Waals surface area contributed by atoms with Crippen molar-refractivity contribution in [3.05, 3.63) is 42.2 Å². The van der Waals surface area contributed by atoms with Crippen LogP contribution in [-0.4, -0.2) is 0 Å². The van der Waals surface area contributed by atoms with Crippen LogP contribution < -0.4 is 0 Å². The zero-order chi connectivity index (χ0) is 11.3. The standard InChI is InChI=1S/C14H19F/c1-4-5-6-11(2)12(3)13-7-9-14(15)10-8-13/h7-11H,3-6H2,1-2H3. The van der Waals surface area contributed by atoms with E-state index in [0.717, 1.165) is 17.6 Å². The van der Waals surface area contributed by atoms with Crippen LogP contribution >= 0.6 is 0 Å². The molecule has 0 amide bonds. The smallest absolute Gasteiger partial charge is 0.123 e. The van der Waals surface area contributed by atoms with Gasteiger partial charge in [-0.25, -0.2) is 4.39 Å². The Morgan fingerprint density at radius 2 is 1.93 bits per heavy atom. The number of hydrogen-bond donors (Lipinski definition) is 0. The maximum absolute atomic E-state index is 12.7. The van der Waals surface area contributed by atoms with Gasteiger partial charge in [0.15, 0.2) is 0 Å². The summed E-state index contributed by atoms with van der Waals surface area (Å²) in [5.41, 5.74) is 2.17. The molecule has 1 heteroatoms. The summed E-state index contributed by atoms with van der Waals surface area (Å²) in [7, 11) is 0. The van der Waals surface area contributed by atoms with Crippen LogP contribution in [0.1, 0.15) is 38.7 Å². The fourth-order valence-corrected chi connectivity index (χ4v) is 1.63. The van der Waals surface area contributed by atoms with Crippen molar-refractivity contribution in [1.29, 1.82) is 0 Å². The van der Waals surface area contributed by atoms with Crippen LogP contribution in [0.25, 0.3) is 5.57 Å². The Hall–Kier alpha value is -1.11. The van der Waals surface area contributed by atoms with Gasteiger partial charge in [0.25, 0.3) is 0 Å². The molecule has 82 valence electrons. The Bertz CT molecular complexity index is 311. The zero-order valence-electron chi connectivity index (χ0n) is 9.59. The third-order valence-corrected chi connectivity index (χ3v) is 2.80. The summed E-state index contributed by atoms with van der Waals surface area (Å²) in [5, 5.41) is 0. The van der Waals surface area contributed by atoms with E-state index in [-0.39, 0.29) is 5.82 Å². The summed E-state index contributed by atoms with van der Waals surface area (Å²) in [5.74, 6) is 0.295. The molecule has 0 fully saturated rings. The quantitative estimate of drug-likeness (QED) is 0.657. The molecule has 0 aliphatic heterocycles. The van der Waals surface area contributed by atoms with Crippen molar-refractivity contribution in [3.8, 4) is 0 Å². The van der Waals surface area contributed by atoms with Gasteiger partial charge in [-0.1, -0.05) is 45.4 Å². The highest BCUT2D eigenvalue weighted by Gasteiger charge is 2.08. The lowest BCUT2D eigenvalue weighted by Gasteiger charge is -2.14. The third kappa shape index (κ3) is 3.50. The van der Waals surface area contributed by atoms with Gasteiger partial charge in [-0.15, -0.1) is 0 Å². The summed E-state index contributed by atoms with van der Waals surface area (Å²) < 4.78 is 12.7. The number of allylic oxidation sites excluding steroid dienone is 1. The van der Waals surface area contributed by atoms with Gasteiger partial charge in [0.2, 0.25) is 0 Å². The van der Waals surface area contributed by atoms with E-state index in [9.17, 15) is 4.39 Å². The predicted octanol–water partition coefficient (Wildman–Crippen LogP) is 4.67. The van der Waals surface area contributed by atoms with Crippen LogP contribution in [0.15, 0.2) is 30.8 Å². The first-order valence-electron chi connectivity index (χ1n) is 5.60. The topological polar surface area (TPSA) is 0 Å². The Morgan fingerprint density at radius 1 is 1.33 bits per heavy atom. The van der Waals surface area contributed by atoms with Crippen LogP contribution in [0.4, 0.5) is 4.39 Å². The first kappa shape index (κ1) is 12.0. The highest BCUT2D eigenvalue weighted by molar-refractivity contribution is 5.64. The molecule has 0 aromatic heterocycles. The fourth-order valence-electron chi connectivity index (χ4n) is 1.63. The van der Waals surface area contributed by atoms with Crippen molar-refractivity contribution in [1.82, 2.24) is 0 Å². The zero-order valence-corrected chi connectivity index (χ0v) is 9.59. The summed E-state index contributed by atoms with van der Waals surface area (Å²) in [6, 6.07) is 6.60. The average molecular weight is 206 g/mol. The number of benzene rings is 1. The maximum atomic E-state index is 12.7. The van der Waals surface area contributed by atoms with Gasteiger partial charge < -0.3 is 0 Å². The molecular formula is C14H19F. The summed E-state index contributed by atoms with van der Waals surface area (Å²) in [4.78, 5) is 0. The van der Waals surface area contributed by atoms with E-state index in [2.05, 4.69) is 20.4 Å². The molecule has 0 nitrogen and oxygen atoms in total.